The molecule has 0 aliphatic heterocycles. The third-order valence-corrected chi connectivity index (χ3v) is 5.54. The van der Waals surface area contributed by atoms with Crippen molar-refractivity contribution in [2.45, 2.75) is 32.6 Å². The first kappa shape index (κ1) is 20.7. The predicted octanol–water partition coefficient (Wildman–Crippen LogP) is 2.25. The number of furan rings is 1. The van der Waals surface area contributed by atoms with E-state index in [0.717, 1.165) is 12.8 Å². The number of carbonyl (C=O) groups is 3. The van der Waals surface area contributed by atoms with Crippen LogP contribution in [0, 0.1) is 11.3 Å². The molecule has 1 heterocycles. The van der Waals surface area contributed by atoms with Crippen molar-refractivity contribution in [3.8, 4) is 5.75 Å². The monoisotopic (exact) mass is 403 g/mol. The van der Waals surface area contributed by atoms with Crippen LogP contribution in [0.5, 0.6) is 5.75 Å². The second kappa shape index (κ2) is 8.52. The summed E-state index contributed by atoms with van der Waals surface area (Å²) < 4.78 is 10.8. The molecule has 29 heavy (non-hydrogen) atoms. The second-order valence-corrected chi connectivity index (χ2v) is 7.56. The number of para-hydroxylation sites is 1. The zero-order valence-corrected chi connectivity index (χ0v) is 16.4. The van der Waals surface area contributed by atoms with Crippen LogP contribution in [0.15, 0.2) is 28.7 Å². The Morgan fingerprint density at radius 1 is 1.34 bits per heavy atom. The standard InChI is InChI=1S/C20H25N3O6/c1-13-6-8-20(9-7-13,11-23(27)12-24)19(26)22-21-18(25)16-10-14-4-3-5-15(28-2)17(14)29-16/h3-5,10,12-13,27H,6-9,11H2,1-2H3,(H,21,25)(H,22,26). The highest BCUT2D eigenvalue weighted by molar-refractivity contribution is 5.98. The number of hydrogen-bond acceptors (Lipinski definition) is 6. The minimum atomic E-state index is -0.966. The van der Waals surface area contributed by atoms with E-state index in [0.29, 0.717) is 40.5 Å². The first-order chi connectivity index (χ1) is 13.9. The summed E-state index contributed by atoms with van der Waals surface area (Å²) in [7, 11) is 1.51. The van der Waals surface area contributed by atoms with Gasteiger partial charge in [-0.2, -0.15) is 0 Å². The average Bonchev–Trinajstić information content (AvgIpc) is 3.18. The molecule has 1 aromatic carbocycles. The molecule has 0 bridgehead atoms. The fraction of sp³-hybridized carbons (Fsp3) is 0.450. The van der Waals surface area contributed by atoms with Crippen molar-refractivity contribution in [2.75, 3.05) is 13.7 Å². The van der Waals surface area contributed by atoms with E-state index in [1.54, 1.807) is 24.3 Å². The predicted molar refractivity (Wildman–Crippen MR) is 103 cm³/mol. The number of carbonyl (C=O) groups excluding carboxylic acids is 3. The fourth-order valence-corrected chi connectivity index (χ4v) is 3.74. The van der Waals surface area contributed by atoms with Crippen LogP contribution >= 0.6 is 0 Å². The quantitative estimate of drug-likeness (QED) is 0.386. The first-order valence-corrected chi connectivity index (χ1v) is 9.46. The number of fused-ring (bicyclic) bond motifs is 1. The van der Waals surface area contributed by atoms with Crippen molar-refractivity contribution in [1.82, 2.24) is 15.9 Å². The summed E-state index contributed by atoms with van der Waals surface area (Å²) in [5, 5.41) is 10.8. The smallest absolute Gasteiger partial charge is 0.305 e. The number of ether oxygens (including phenoxy) is 1. The minimum Gasteiger partial charge on any atom is -0.493 e. The van der Waals surface area contributed by atoms with Crippen LogP contribution in [0.25, 0.3) is 11.0 Å². The van der Waals surface area contributed by atoms with Gasteiger partial charge in [-0.15, -0.1) is 0 Å². The van der Waals surface area contributed by atoms with Gasteiger partial charge in [-0.25, -0.2) is 5.06 Å². The zero-order chi connectivity index (χ0) is 21.0. The largest absolute Gasteiger partial charge is 0.493 e. The highest BCUT2D eigenvalue weighted by atomic mass is 16.5. The molecule has 0 atom stereocenters. The highest BCUT2D eigenvalue weighted by Crippen LogP contribution is 2.39. The van der Waals surface area contributed by atoms with Crippen LogP contribution in [0.3, 0.4) is 0 Å². The van der Waals surface area contributed by atoms with Gasteiger partial charge in [0.2, 0.25) is 12.3 Å². The zero-order valence-electron chi connectivity index (χ0n) is 16.4. The van der Waals surface area contributed by atoms with E-state index in [-0.39, 0.29) is 18.7 Å². The lowest BCUT2D eigenvalue weighted by Crippen LogP contribution is -2.54. The summed E-state index contributed by atoms with van der Waals surface area (Å²) >= 11 is 0. The molecule has 9 nitrogen and oxygen atoms in total. The molecule has 156 valence electrons. The van der Waals surface area contributed by atoms with Crippen LogP contribution in [0.2, 0.25) is 0 Å². The number of hydrazine groups is 1. The molecule has 0 spiro atoms. The Kier molecular flexibility index (Phi) is 6.07. The Bertz CT molecular complexity index is 901. The number of hydroxylamine groups is 2. The van der Waals surface area contributed by atoms with Crippen molar-refractivity contribution < 1.29 is 28.7 Å². The molecule has 0 radical (unpaired) electrons. The maximum absolute atomic E-state index is 12.9. The highest BCUT2D eigenvalue weighted by Gasteiger charge is 2.42. The van der Waals surface area contributed by atoms with Gasteiger partial charge >= 0.3 is 5.91 Å². The Hall–Kier alpha value is -3.07. The van der Waals surface area contributed by atoms with Gasteiger partial charge in [0.1, 0.15) is 0 Å². The van der Waals surface area contributed by atoms with Crippen LogP contribution in [-0.4, -0.2) is 42.1 Å². The molecule has 1 fully saturated rings. The summed E-state index contributed by atoms with van der Waals surface area (Å²) in [6.45, 7) is 1.96. The van der Waals surface area contributed by atoms with E-state index in [2.05, 4.69) is 17.8 Å². The molecule has 3 N–H and O–H groups in total. The van der Waals surface area contributed by atoms with Gasteiger partial charge in [0, 0.05) is 5.39 Å². The van der Waals surface area contributed by atoms with Gasteiger partial charge in [0.25, 0.3) is 0 Å². The number of hydrogen-bond donors (Lipinski definition) is 3. The number of nitrogens with zero attached hydrogens (tertiary/aromatic N) is 1. The van der Waals surface area contributed by atoms with Gasteiger partial charge in [-0.3, -0.25) is 30.4 Å². The number of amides is 3. The molecule has 3 amide bonds. The Morgan fingerprint density at radius 2 is 2.07 bits per heavy atom. The molecule has 3 rings (SSSR count). The van der Waals surface area contributed by atoms with E-state index in [1.807, 2.05) is 0 Å². The lowest BCUT2D eigenvalue weighted by molar-refractivity contribution is -0.163. The molecule has 1 aliphatic rings. The van der Waals surface area contributed by atoms with E-state index >= 15 is 0 Å². The van der Waals surface area contributed by atoms with Crippen LogP contribution in [-0.2, 0) is 9.59 Å². The summed E-state index contributed by atoms with van der Waals surface area (Å²) in [5.74, 6) is -0.0931. The first-order valence-electron chi connectivity index (χ1n) is 9.46. The SMILES string of the molecule is COc1cccc2cc(C(=O)NNC(=O)C3(CN(O)C=O)CCC(C)CC3)oc12. The maximum atomic E-state index is 12.9. The molecule has 1 aromatic heterocycles. The van der Waals surface area contributed by atoms with Crippen LogP contribution < -0.4 is 15.6 Å². The van der Waals surface area contributed by atoms with E-state index in [9.17, 15) is 19.6 Å². The van der Waals surface area contributed by atoms with Crippen molar-refractivity contribution in [1.29, 1.82) is 0 Å². The van der Waals surface area contributed by atoms with Crippen molar-refractivity contribution >= 4 is 29.2 Å². The van der Waals surface area contributed by atoms with Gasteiger partial charge < -0.3 is 9.15 Å². The van der Waals surface area contributed by atoms with Gasteiger partial charge in [0.05, 0.1) is 19.1 Å². The van der Waals surface area contributed by atoms with Crippen molar-refractivity contribution in [3.63, 3.8) is 0 Å². The van der Waals surface area contributed by atoms with Gasteiger partial charge in [-0.1, -0.05) is 19.1 Å². The van der Waals surface area contributed by atoms with Gasteiger partial charge in [0.15, 0.2) is 17.1 Å². The Balaban J connectivity index is 1.70. The maximum Gasteiger partial charge on any atom is 0.305 e. The molecule has 9 heteroatoms. The Morgan fingerprint density at radius 3 is 2.72 bits per heavy atom. The van der Waals surface area contributed by atoms with Crippen LogP contribution in [0.1, 0.15) is 43.2 Å². The normalized spacial score (nSPS) is 21.4. The number of nitrogens with one attached hydrogen (secondary N) is 2. The lowest BCUT2D eigenvalue weighted by Gasteiger charge is -2.38. The third kappa shape index (κ3) is 4.34. The van der Waals surface area contributed by atoms with Crippen LogP contribution in [0.4, 0.5) is 0 Å². The number of rotatable bonds is 6. The number of benzene rings is 1. The summed E-state index contributed by atoms with van der Waals surface area (Å²) in [4.78, 5) is 36.2. The minimum absolute atomic E-state index is 0.0211. The summed E-state index contributed by atoms with van der Waals surface area (Å²) in [6.07, 6.45) is 2.85. The van der Waals surface area contributed by atoms with E-state index in [4.69, 9.17) is 9.15 Å². The van der Waals surface area contributed by atoms with Crippen molar-refractivity contribution in [3.05, 3.63) is 30.0 Å². The molecule has 0 unspecified atom stereocenters. The molecule has 2 aromatic rings. The molecular weight excluding hydrogens is 378 g/mol. The average molecular weight is 403 g/mol. The number of methoxy groups -OCH3 is 1. The summed E-state index contributed by atoms with van der Waals surface area (Å²) in [5.41, 5.74) is 4.26. The third-order valence-electron chi connectivity index (χ3n) is 5.54. The fourth-order valence-electron chi connectivity index (χ4n) is 3.74. The second-order valence-electron chi connectivity index (χ2n) is 7.56. The molecule has 0 saturated heterocycles. The molecule has 1 aliphatic carbocycles. The lowest BCUT2D eigenvalue weighted by atomic mass is 9.70. The van der Waals surface area contributed by atoms with E-state index < -0.39 is 17.2 Å². The molecule has 1 saturated carbocycles. The topological polar surface area (TPSA) is 121 Å². The van der Waals surface area contributed by atoms with Crippen molar-refractivity contribution in [2.24, 2.45) is 11.3 Å². The van der Waals surface area contributed by atoms with E-state index in [1.165, 1.54) is 7.11 Å². The Labute approximate surface area is 167 Å². The molecular formula is C20H25N3O6. The van der Waals surface area contributed by atoms with Gasteiger partial charge in [-0.05, 0) is 43.7 Å². The summed E-state index contributed by atoms with van der Waals surface area (Å²) in [6, 6.07) is 6.84.